The van der Waals surface area contributed by atoms with E-state index >= 15 is 0 Å². The largest absolute Gasteiger partial charge is 0.392 e. The lowest BCUT2D eigenvalue weighted by atomic mass is 10.1. The zero-order valence-electron chi connectivity index (χ0n) is 10.5. The van der Waals surface area contributed by atoms with Crippen molar-refractivity contribution >= 4 is 39.3 Å². The van der Waals surface area contributed by atoms with Crippen molar-refractivity contribution in [2.45, 2.75) is 17.4 Å². The number of aliphatic hydroxyl groups excluding tert-OH is 1. The van der Waals surface area contributed by atoms with Crippen molar-refractivity contribution in [2.75, 3.05) is 5.75 Å². The van der Waals surface area contributed by atoms with E-state index in [1.54, 1.807) is 23.9 Å². The molecule has 0 bridgehead atoms. The van der Waals surface area contributed by atoms with E-state index in [4.69, 9.17) is 11.6 Å². The van der Waals surface area contributed by atoms with Gasteiger partial charge in [-0.05, 0) is 39.7 Å². The Morgan fingerprint density at radius 3 is 2.70 bits per heavy atom. The van der Waals surface area contributed by atoms with Gasteiger partial charge >= 0.3 is 0 Å². The molecule has 0 amide bonds. The quantitative estimate of drug-likeness (QED) is 0.747. The molecule has 0 fully saturated rings. The average molecular weight is 376 g/mol. The predicted octanol–water partition coefficient (Wildman–Crippen LogP) is 4.94. The molecule has 1 N–H and O–H groups in total. The van der Waals surface area contributed by atoms with Crippen LogP contribution in [-0.2, 0) is 6.42 Å². The van der Waals surface area contributed by atoms with E-state index in [1.165, 1.54) is 6.07 Å². The second kappa shape index (κ2) is 7.46. The number of benzene rings is 2. The Balaban J connectivity index is 1.94. The highest BCUT2D eigenvalue weighted by atomic mass is 79.9. The lowest BCUT2D eigenvalue weighted by Gasteiger charge is -2.12. The monoisotopic (exact) mass is 374 g/mol. The lowest BCUT2D eigenvalue weighted by Crippen LogP contribution is -2.14. The number of hydrogen-bond donors (Lipinski definition) is 1. The van der Waals surface area contributed by atoms with Crippen molar-refractivity contribution in [1.29, 1.82) is 0 Å². The maximum Gasteiger partial charge on any atom is 0.142 e. The van der Waals surface area contributed by atoms with Crippen LogP contribution in [0, 0.1) is 5.82 Å². The maximum absolute atomic E-state index is 13.3. The normalized spacial score (nSPS) is 12.4. The van der Waals surface area contributed by atoms with Gasteiger partial charge in [-0.3, -0.25) is 0 Å². The molecule has 2 rings (SSSR count). The fourth-order valence-corrected chi connectivity index (χ4v) is 3.47. The first kappa shape index (κ1) is 15.8. The molecule has 0 radical (unpaired) electrons. The van der Waals surface area contributed by atoms with Crippen molar-refractivity contribution in [3.05, 3.63) is 63.3 Å². The first-order chi connectivity index (χ1) is 9.58. The molecule has 0 aliphatic rings. The van der Waals surface area contributed by atoms with Gasteiger partial charge in [0.05, 0.1) is 11.1 Å². The van der Waals surface area contributed by atoms with Gasteiger partial charge in [0.25, 0.3) is 0 Å². The maximum atomic E-state index is 13.3. The first-order valence-corrected chi connectivity index (χ1v) is 8.22. The Morgan fingerprint density at radius 2 is 1.95 bits per heavy atom. The van der Waals surface area contributed by atoms with Gasteiger partial charge in [0.1, 0.15) is 5.82 Å². The van der Waals surface area contributed by atoms with Gasteiger partial charge in [-0.2, -0.15) is 0 Å². The summed E-state index contributed by atoms with van der Waals surface area (Å²) in [6.07, 6.45) is -0.236. The molecule has 0 saturated carbocycles. The van der Waals surface area contributed by atoms with Crippen molar-refractivity contribution in [3.8, 4) is 0 Å². The van der Waals surface area contributed by atoms with Crippen LogP contribution in [0.3, 0.4) is 0 Å². The second-order valence-corrected chi connectivity index (χ2v) is 6.61. The molecule has 0 spiro atoms. The molecule has 5 heteroatoms. The van der Waals surface area contributed by atoms with Crippen LogP contribution in [0.4, 0.5) is 4.39 Å². The van der Waals surface area contributed by atoms with Gasteiger partial charge in [0.2, 0.25) is 0 Å². The molecule has 0 aromatic heterocycles. The molecule has 0 heterocycles. The Hall–Kier alpha value is -0.550. The molecule has 1 unspecified atom stereocenters. The van der Waals surface area contributed by atoms with Gasteiger partial charge in [-0.25, -0.2) is 4.39 Å². The number of halogens is 3. The standard InChI is InChI=1S/C15H13BrClFOS/c16-12-5-1-2-7-14(12)20-9-11(19)8-10-4-3-6-13(18)15(10)17/h1-7,11,19H,8-9H2. The molecule has 20 heavy (non-hydrogen) atoms. The van der Waals surface area contributed by atoms with E-state index in [0.29, 0.717) is 17.7 Å². The molecule has 0 aliphatic heterocycles. The highest BCUT2D eigenvalue weighted by molar-refractivity contribution is 9.10. The van der Waals surface area contributed by atoms with Crippen molar-refractivity contribution in [3.63, 3.8) is 0 Å². The van der Waals surface area contributed by atoms with Crippen LogP contribution in [0.1, 0.15) is 5.56 Å². The first-order valence-electron chi connectivity index (χ1n) is 6.06. The van der Waals surface area contributed by atoms with Crippen LogP contribution >= 0.6 is 39.3 Å². The van der Waals surface area contributed by atoms with Crippen molar-refractivity contribution in [2.24, 2.45) is 0 Å². The minimum Gasteiger partial charge on any atom is -0.392 e. The Morgan fingerprint density at radius 1 is 1.20 bits per heavy atom. The predicted molar refractivity (Wildman–Crippen MR) is 86.0 cm³/mol. The van der Waals surface area contributed by atoms with Gasteiger partial charge in [-0.15, -0.1) is 11.8 Å². The second-order valence-electron chi connectivity index (χ2n) is 4.31. The summed E-state index contributed by atoms with van der Waals surface area (Å²) in [4.78, 5) is 1.07. The summed E-state index contributed by atoms with van der Waals surface area (Å²) in [6, 6.07) is 12.5. The SMILES string of the molecule is OC(CSc1ccccc1Br)Cc1cccc(F)c1Cl. The third-order valence-electron chi connectivity index (χ3n) is 2.75. The zero-order chi connectivity index (χ0) is 14.5. The smallest absolute Gasteiger partial charge is 0.142 e. The van der Waals surface area contributed by atoms with Crippen LogP contribution in [0.15, 0.2) is 51.8 Å². The van der Waals surface area contributed by atoms with Gasteiger partial charge < -0.3 is 5.11 Å². The van der Waals surface area contributed by atoms with E-state index in [-0.39, 0.29) is 5.02 Å². The Labute approximate surface area is 135 Å². The summed E-state index contributed by atoms with van der Waals surface area (Å²) in [5.41, 5.74) is 0.631. The molecular weight excluding hydrogens is 363 g/mol. The van der Waals surface area contributed by atoms with Gasteiger partial charge in [-0.1, -0.05) is 35.9 Å². The third-order valence-corrected chi connectivity index (χ3v) is 5.35. The Bertz CT molecular complexity index is 594. The van der Waals surface area contributed by atoms with E-state index in [2.05, 4.69) is 15.9 Å². The Kier molecular flexibility index (Phi) is 5.90. The van der Waals surface area contributed by atoms with Gasteiger partial charge in [0.15, 0.2) is 0 Å². The summed E-state index contributed by atoms with van der Waals surface area (Å²) in [5, 5.41) is 10.1. The zero-order valence-corrected chi connectivity index (χ0v) is 13.7. The fraction of sp³-hybridized carbons (Fsp3) is 0.200. The summed E-state index contributed by atoms with van der Waals surface area (Å²) < 4.78 is 14.3. The minimum absolute atomic E-state index is 0.0949. The van der Waals surface area contributed by atoms with Crippen molar-refractivity contribution in [1.82, 2.24) is 0 Å². The summed E-state index contributed by atoms with van der Waals surface area (Å²) in [6.45, 7) is 0. The minimum atomic E-state index is -0.577. The molecule has 0 aliphatic carbocycles. The van der Waals surface area contributed by atoms with Crippen LogP contribution in [0.5, 0.6) is 0 Å². The molecular formula is C15H13BrClFOS. The van der Waals surface area contributed by atoms with Crippen LogP contribution in [0.2, 0.25) is 5.02 Å². The fourth-order valence-electron chi connectivity index (χ4n) is 1.77. The summed E-state index contributed by atoms with van der Waals surface area (Å²) in [7, 11) is 0. The number of rotatable bonds is 5. The molecule has 2 aromatic rings. The van der Waals surface area contributed by atoms with E-state index < -0.39 is 11.9 Å². The van der Waals surface area contributed by atoms with Crippen LogP contribution in [0.25, 0.3) is 0 Å². The number of thioether (sulfide) groups is 1. The molecule has 0 saturated heterocycles. The van der Waals surface area contributed by atoms with E-state index in [9.17, 15) is 9.50 Å². The summed E-state index contributed by atoms with van der Waals surface area (Å²) >= 11 is 10.9. The number of aliphatic hydroxyl groups is 1. The van der Waals surface area contributed by atoms with Crippen LogP contribution < -0.4 is 0 Å². The number of hydrogen-bond acceptors (Lipinski definition) is 2. The molecule has 1 nitrogen and oxygen atoms in total. The summed E-state index contributed by atoms with van der Waals surface area (Å²) in [5.74, 6) is 0.0740. The van der Waals surface area contributed by atoms with Crippen LogP contribution in [-0.4, -0.2) is 17.0 Å². The average Bonchev–Trinajstić information content (AvgIpc) is 2.43. The third kappa shape index (κ3) is 4.22. The molecule has 1 atom stereocenters. The van der Waals surface area contributed by atoms with E-state index in [0.717, 1.165) is 9.37 Å². The topological polar surface area (TPSA) is 20.2 Å². The van der Waals surface area contributed by atoms with Crippen molar-refractivity contribution < 1.29 is 9.50 Å². The highest BCUT2D eigenvalue weighted by Gasteiger charge is 2.12. The molecule has 2 aromatic carbocycles. The highest BCUT2D eigenvalue weighted by Crippen LogP contribution is 2.28. The lowest BCUT2D eigenvalue weighted by molar-refractivity contribution is 0.200. The van der Waals surface area contributed by atoms with E-state index in [1.807, 2.05) is 24.3 Å². The van der Waals surface area contributed by atoms with Gasteiger partial charge in [0, 0.05) is 21.5 Å². The molecule has 106 valence electrons.